The van der Waals surface area contributed by atoms with Crippen LogP contribution in [-0.2, 0) is 16.1 Å². The summed E-state index contributed by atoms with van der Waals surface area (Å²) in [5.74, 6) is 0.732. The monoisotopic (exact) mass is 418 g/mol. The first-order chi connectivity index (χ1) is 14.5. The maximum absolute atomic E-state index is 12.7. The Balaban J connectivity index is 1.56. The number of carbonyl (C=O) groups excluding carboxylic acids is 1. The standard InChI is InChI=1S/C20H30N6O4/c1-14-10-15(2)26(24-14)7-5-6-21-19(27)16-12-25(8-9-30-13-16)17-11-18(28-3)23-20(22-17)29-4/h10-11,16H,5-9,12-13H2,1-4H3,(H,21,27). The molecule has 2 aromatic heterocycles. The summed E-state index contributed by atoms with van der Waals surface area (Å²) in [7, 11) is 3.05. The zero-order chi connectivity index (χ0) is 21.5. The summed E-state index contributed by atoms with van der Waals surface area (Å²) in [6, 6.07) is 4.00. The molecule has 1 aliphatic rings. The van der Waals surface area contributed by atoms with Gasteiger partial charge in [0.05, 0.1) is 39.0 Å². The number of hydrogen-bond donors (Lipinski definition) is 1. The van der Waals surface area contributed by atoms with Crippen LogP contribution in [0, 0.1) is 19.8 Å². The van der Waals surface area contributed by atoms with Crippen LogP contribution in [0.25, 0.3) is 0 Å². The first-order valence-electron chi connectivity index (χ1n) is 10.1. The molecule has 0 spiro atoms. The Labute approximate surface area is 176 Å². The Hall–Kier alpha value is -2.88. The lowest BCUT2D eigenvalue weighted by atomic mass is 10.1. The van der Waals surface area contributed by atoms with Gasteiger partial charge in [0.2, 0.25) is 11.8 Å². The van der Waals surface area contributed by atoms with Crippen LogP contribution in [0.5, 0.6) is 11.9 Å². The molecular formula is C20H30N6O4. The number of hydrogen-bond acceptors (Lipinski definition) is 8. The van der Waals surface area contributed by atoms with Gasteiger partial charge in [-0.25, -0.2) is 0 Å². The first kappa shape index (κ1) is 21.8. The fourth-order valence-electron chi connectivity index (χ4n) is 3.41. The molecule has 0 bridgehead atoms. The second-order valence-corrected chi connectivity index (χ2v) is 7.27. The van der Waals surface area contributed by atoms with Crippen LogP contribution in [0.3, 0.4) is 0 Å². The van der Waals surface area contributed by atoms with E-state index in [1.165, 1.54) is 7.11 Å². The zero-order valence-electron chi connectivity index (χ0n) is 18.1. The highest BCUT2D eigenvalue weighted by atomic mass is 16.5. The van der Waals surface area contributed by atoms with Gasteiger partial charge >= 0.3 is 6.01 Å². The third kappa shape index (κ3) is 5.59. The van der Waals surface area contributed by atoms with Crippen LogP contribution >= 0.6 is 0 Å². The average molecular weight is 418 g/mol. The van der Waals surface area contributed by atoms with E-state index in [2.05, 4.69) is 20.4 Å². The number of nitrogens with one attached hydrogen (secondary N) is 1. The minimum Gasteiger partial charge on any atom is -0.481 e. The van der Waals surface area contributed by atoms with Crippen molar-refractivity contribution in [2.24, 2.45) is 5.92 Å². The molecule has 3 heterocycles. The predicted molar refractivity (Wildman–Crippen MR) is 111 cm³/mol. The van der Waals surface area contributed by atoms with Crippen LogP contribution < -0.4 is 19.7 Å². The lowest BCUT2D eigenvalue weighted by molar-refractivity contribution is -0.126. The maximum Gasteiger partial charge on any atom is 0.321 e. The van der Waals surface area contributed by atoms with E-state index >= 15 is 0 Å². The molecule has 2 aromatic rings. The largest absolute Gasteiger partial charge is 0.481 e. The average Bonchev–Trinajstić information content (AvgIpc) is 2.94. The molecule has 1 aliphatic heterocycles. The van der Waals surface area contributed by atoms with Crippen molar-refractivity contribution in [2.75, 3.05) is 52.0 Å². The third-order valence-electron chi connectivity index (χ3n) is 4.97. The van der Waals surface area contributed by atoms with Crippen LogP contribution in [0.15, 0.2) is 12.1 Å². The number of aromatic nitrogens is 4. The van der Waals surface area contributed by atoms with Crippen LogP contribution in [0.1, 0.15) is 17.8 Å². The first-order valence-corrected chi connectivity index (χ1v) is 10.1. The molecule has 1 unspecified atom stereocenters. The van der Waals surface area contributed by atoms with Gasteiger partial charge in [0, 0.05) is 37.9 Å². The lowest BCUT2D eigenvalue weighted by Crippen LogP contribution is -2.40. The SMILES string of the molecule is COc1cc(N2CCOCC(C(=O)NCCCn3nc(C)cc3C)C2)nc(OC)n1. The highest BCUT2D eigenvalue weighted by Crippen LogP contribution is 2.22. The third-order valence-corrected chi connectivity index (χ3v) is 4.97. The second kappa shape index (κ2) is 10.2. The van der Waals surface area contributed by atoms with Gasteiger partial charge in [-0.2, -0.15) is 15.1 Å². The van der Waals surface area contributed by atoms with E-state index in [0.717, 1.165) is 24.4 Å². The molecule has 164 valence electrons. The maximum atomic E-state index is 12.7. The minimum atomic E-state index is -0.298. The normalized spacial score (nSPS) is 16.8. The van der Waals surface area contributed by atoms with Gasteiger partial charge in [0.15, 0.2) is 0 Å². The molecule has 0 radical (unpaired) electrons. The molecule has 1 N–H and O–H groups in total. The molecule has 0 aliphatic carbocycles. The molecule has 1 saturated heterocycles. The van der Waals surface area contributed by atoms with E-state index < -0.39 is 0 Å². The van der Waals surface area contributed by atoms with Crippen molar-refractivity contribution < 1.29 is 19.0 Å². The number of nitrogens with zero attached hydrogens (tertiary/aromatic N) is 5. The van der Waals surface area contributed by atoms with Gasteiger partial charge < -0.3 is 24.4 Å². The lowest BCUT2D eigenvalue weighted by Gasteiger charge is -2.24. The van der Waals surface area contributed by atoms with Crippen LogP contribution in [0.2, 0.25) is 0 Å². The van der Waals surface area contributed by atoms with E-state index in [1.807, 2.05) is 29.5 Å². The second-order valence-electron chi connectivity index (χ2n) is 7.27. The highest BCUT2D eigenvalue weighted by Gasteiger charge is 2.26. The minimum absolute atomic E-state index is 0.0248. The van der Waals surface area contributed by atoms with Gasteiger partial charge in [-0.05, 0) is 26.3 Å². The number of methoxy groups -OCH3 is 2. The smallest absolute Gasteiger partial charge is 0.321 e. The molecule has 1 atom stereocenters. The summed E-state index contributed by atoms with van der Waals surface area (Å²) in [5, 5.41) is 7.47. The summed E-state index contributed by atoms with van der Waals surface area (Å²) < 4.78 is 18.0. The molecular weight excluding hydrogens is 388 g/mol. The number of amides is 1. The van der Waals surface area contributed by atoms with Crippen molar-refractivity contribution in [3.63, 3.8) is 0 Å². The van der Waals surface area contributed by atoms with E-state index in [9.17, 15) is 4.79 Å². The van der Waals surface area contributed by atoms with Crippen molar-refractivity contribution in [3.05, 3.63) is 23.5 Å². The molecule has 0 aromatic carbocycles. The Bertz CT molecular complexity index is 834. The quantitative estimate of drug-likeness (QED) is 0.633. The van der Waals surface area contributed by atoms with Gasteiger partial charge in [0.25, 0.3) is 0 Å². The summed E-state index contributed by atoms with van der Waals surface area (Å²) in [6.45, 7) is 7.36. The van der Waals surface area contributed by atoms with Crippen molar-refractivity contribution in [3.8, 4) is 11.9 Å². The van der Waals surface area contributed by atoms with E-state index in [-0.39, 0.29) is 17.8 Å². The molecule has 10 heteroatoms. The van der Waals surface area contributed by atoms with Gasteiger partial charge in [0.1, 0.15) is 5.82 Å². The Morgan fingerprint density at radius 2 is 2.10 bits per heavy atom. The summed E-state index contributed by atoms with van der Waals surface area (Å²) in [4.78, 5) is 23.3. The highest BCUT2D eigenvalue weighted by molar-refractivity contribution is 5.79. The summed E-state index contributed by atoms with van der Waals surface area (Å²) >= 11 is 0. The summed E-state index contributed by atoms with van der Waals surface area (Å²) in [6.07, 6.45) is 0.811. The van der Waals surface area contributed by atoms with Crippen LogP contribution in [-0.4, -0.2) is 72.7 Å². The molecule has 10 nitrogen and oxygen atoms in total. The molecule has 1 amide bonds. The Morgan fingerprint density at radius 3 is 2.80 bits per heavy atom. The van der Waals surface area contributed by atoms with Crippen LogP contribution in [0.4, 0.5) is 5.82 Å². The summed E-state index contributed by atoms with van der Waals surface area (Å²) in [5.41, 5.74) is 2.13. The van der Waals surface area contributed by atoms with Crippen molar-refractivity contribution in [2.45, 2.75) is 26.8 Å². The molecule has 30 heavy (non-hydrogen) atoms. The van der Waals surface area contributed by atoms with Crippen molar-refractivity contribution in [1.82, 2.24) is 25.1 Å². The van der Waals surface area contributed by atoms with Gasteiger partial charge in [-0.15, -0.1) is 0 Å². The van der Waals surface area contributed by atoms with E-state index in [0.29, 0.717) is 44.5 Å². The molecule has 0 saturated carbocycles. The number of aryl methyl sites for hydroxylation is 3. The predicted octanol–water partition coefficient (Wildman–Crippen LogP) is 0.966. The van der Waals surface area contributed by atoms with Crippen molar-refractivity contribution >= 4 is 11.7 Å². The number of ether oxygens (including phenoxy) is 3. The Kier molecular flexibility index (Phi) is 7.45. The number of rotatable bonds is 8. The van der Waals surface area contributed by atoms with E-state index in [4.69, 9.17) is 14.2 Å². The Morgan fingerprint density at radius 1 is 1.27 bits per heavy atom. The molecule has 1 fully saturated rings. The molecule has 3 rings (SSSR count). The fraction of sp³-hybridized carbons (Fsp3) is 0.600. The topological polar surface area (TPSA) is 104 Å². The number of anilines is 1. The van der Waals surface area contributed by atoms with E-state index in [1.54, 1.807) is 13.2 Å². The number of carbonyl (C=O) groups is 1. The van der Waals surface area contributed by atoms with Crippen molar-refractivity contribution in [1.29, 1.82) is 0 Å². The zero-order valence-corrected chi connectivity index (χ0v) is 18.1. The van der Waals surface area contributed by atoms with Gasteiger partial charge in [-0.3, -0.25) is 9.48 Å². The fourth-order valence-corrected chi connectivity index (χ4v) is 3.41. The van der Waals surface area contributed by atoms with Gasteiger partial charge in [-0.1, -0.05) is 0 Å².